The van der Waals surface area contributed by atoms with E-state index in [0.29, 0.717) is 12.5 Å². The van der Waals surface area contributed by atoms with Crippen molar-refractivity contribution in [2.75, 3.05) is 13.7 Å². The smallest absolute Gasteiger partial charge is 0.265 e. The molecular weight excluding hydrogens is 144 g/mol. The average molecular weight is 158 g/mol. The summed E-state index contributed by atoms with van der Waals surface area (Å²) in [5.74, 6) is 0.232. The van der Waals surface area contributed by atoms with Crippen LogP contribution in [0.2, 0.25) is 0 Å². The zero-order chi connectivity index (χ0) is 8.69. The lowest BCUT2D eigenvalue weighted by Crippen LogP contribution is -2.28. The van der Waals surface area contributed by atoms with Crippen LogP contribution in [0.4, 0.5) is 0 Å². The normalized spacial score (nSPS) is 10.5. The summed E-state index contributed by atoms with van der Waals surface area (Å²) in [6.45, 7) is 4.70. The van der Waals surface area contributed by atoms with Crippen LogP contribution in [0.5, 0.6) is 0 Å². The van der Waals surface area contributed by atoms with E-state index in [0.717, 1.165) is 6.21 Å². The second kappa shape index (κ2) is 5.70. The highest BCUT2D eigenvalue weighted by atomic mass is 16.6. The minimum Gasteiger partial charge on any atom is -0.399 e. The minimum atomic E-state index is -0.222. The first-order valence-electron chi connectivity index (χ1n) is 3.51. The van der Waals surface area contributed by atoms with Crippen LogP contribution < -0.4 is 5.32 Å². The molecule has 0 aromatic heterocycles. The van der Waals surface area contributed by atoms with Gasteiger partial charge in [0.15, 0.2) is 0 Å². The van der Waals surface area contributed by atoms with Crippen molar-refractivity contribution >= 4 is 12.1 Å². The lowest BCUT2D eigenvalue weighted by atomic mass is 10.2. The van der Waals surface area contributed by atoms with Gasteiger partial charge >= 0.3 is 0 Å². The summed E-state index contributed by atoms with van der Waals surface area (Å²) in [6, 6.07) is 0. The van der Waals surface area contributed by atoms with E-state index in [4.69, 9.17) is 0 Å². The second-order valence-corrected chi connectivity index (χ2v) is 2.56. The average Bonchev–Trinajstić information content (AvgIpc) is 1.97. The van der Waals surface area contributed by atoms with Gasteiger partial charge in [0.25, 0.3) is 5.91 Å². The zero-order valence-corrected chi connectivity index (χ0v) is 7.13. The molecule has 0 unspecified atom stereocenters. The van der Waals surface area contributed by atoms with Crippen LogP contribution in [-0.2, 0) is 9.63 Å². The number of oxime groups is 1. The van der Waals surface area contributed by atoms with Crippen LogP contribution in [0.3, 0.4) is 0 Å². The quantitative estimate of drug-likeness (QED) is 0.475. The number of hydrogen-bond acceptors (Lipinski definition) is 3. The van der Waals surface area contributed by atoms with Gasteiger partial charge in [0.1, 0.15) is 13.3 Å². The van der Waals surface area contributed by atoms with E-state index in [1.807, 2.05) is 13.8 Å². The Morgan fingerprint density at radius 2 is 2.36 bits per heavy atom. The van der Waals surface area contributed by atoms with Crippen molar-refractivity contribution in [3.63, 3.8) is 0 Å². The molecule has 1 amide bonds. The Morgan fingerprint density at radius 3 is 2.82 bits per heavy atom. The van der Waals surface area contributed by atoms with Gasteiger partial charge in [-0.15, -0.1) is 0 Å². The maximum absolute atomic E-state index is 10.8. The molecule has 0 fully saturated rings. The van der Waals surface area contributed by atoms with Crippen molar-refractivity contribution in [3.8, 4) is 0 Å². The third-order valence-electron chi connectivity index (χ3n) is 0.960. The lowest BCUT2D eigenvalue weighted by molar-refractivity contribution is -0.114. The molecule has 11 heavy (non-hydrogen) atoms. The highest BCUT2D eigenvalue weighted by Crippen LogP contribution is 1.85. The van der Waals surface area contributed by atoms with Crippen LogP contribution >= 0.6 is 0 Å². The van der Waals surface area contributed by atoms with Crippen molar-refractivity contribution in [3.05, 3.63) is 0 Å². The maximum atomic E-state index is 10.8. The Kier molecular flexibility index (Phi) is 5.15. The summed E-state index contributed by atoms with van der Waals surface area (Å²) < 4.78 is 0. The molecular formula is C7H14N2O2. The van der Waals surface area contributed by atoms with Crippen LogP contribution in [0.15, 0.2) is 5.16 Å². The minimum absolute atomic E-state index is 0.222. The standard InChI is InChI=1S/C7H14N2O2/c1-6(2)4-8-7(10)5-9-11-3/h5-6H,4H2,1-3H3,(H,8,10)/b9-5+. The second-order valence-electron chi connectivity index (χ2n) is 2.56. The lowest BCUT2D eigenvalue weighted by Gasteiger charge is -2.03. The number of nitrogens with zero attached hydrogens (tertiary/aromatic N) is 1. The predicted molar refractivity (Wildman–Crippen MR) is 43.3 cm³/mol. The van der Waals surface area contributed by atoms with Gasteiger partial charge in [-0.05, 0) is 5.92 Å². The van der Waals surface area contributed by atoms with Gasteiger partial charge in [-0.25, -0.2) is 0 Å². The van der Waals surface area contributed by atoms with Crippen LogP contribution in [0.1, 0.15) is 13.8 Å². The van der Waals surface area contributed by atoms with Gasteiger partial charge in [0, 0.05) is 6.54 Å². The molecule has 0 aliphatic carbocycles. The molecule has 0 radical (unpaired) electrons. The molecule has 0 saturated heterocycles. The molecule has 0 heterocycles. The Morgan fingerprint density at radius 1 is 1.73 bits per heavy atom. The first kappa shape index (κ1) is 9.94. The van der Waals surface area contributed by atoms with Gasteiger partial charge in [-0.1, -0.05) is 19.0 Å². The van der Waals surface area contributed by atoms with Crippen molar-refractivity contribution in [2.24, 2.45) is 11.1 Å². The summed E-state index contributed by atoms with van der Waals surface area (Å²) in [5.41, 5.74) is 0. The molecule has 0 spiro atoms. The monoisotopic (exact) mass is 158 g/mol. The molecule has 0 aliphatic heterocycles. The molecule has 0 saturated carbocycles. The molecule has 0 aromatic rings. The first-order valence-corrected chi connectivity index (χ1v) is 3.51. The highest BCUT2D eigenvalue weighted by molar-refractivity contribution is 6.26. The molecule has 4 heteroatoms. The Bertz CT molecular complexity index is 143. The molecule has 64 valence electrons. The Labute approximate surface area is 66.6 Å². The summed E-state index contributed by atoms with van der Waals surface area (Å²) in [6.07, 6.45) is 1.11. The zero-order valence-electron chi connectivity index (χ0n) is 7.13. The highest BCUT2D eigenvalue weighted by Gasteiger charge is 1.97. The number of carbonyl (C=O) groups excluding carboxylic acids is 1. The molecule has 0 aliphatic rings. The van der Waals surface area contributed by atoms with Gasteiger partial charge in [-0.2, -0.15) is 0 Å². The van der Waals surface area contributed by atoms with Gasteiger partial charge in [-0.3, -0.25) is 4.79 Å². The predicted octanol–water partition coefficient (Wildman–Crippen LogP) is 0.391. The molecule has 1 N–H and O–H groups in total. The fourth-order valence-electron chi connectivity index (χ4n) is 0.451. The van der Waals surface area contributed by atoms with Gasteiger partial charge < -0.3 is 10.2 Å². The van der Waals surface area contributed by atoms with E-state index in [-0.39, 0.29) is 5.91 Å². The summed E-state index contributed by atoms with van der Waals surface area (Å²) in [4.78, 5) is 15.1. The van der Waals surface area contributed by atoms with Crippen LogP contribution in [0.25, 0.3) is 0 Å². The largest absolute Gasteiger partial charge is 0.399 e. The van der Waals surface area contributed by atoms with Crippen molar-refractivity contribution in [2.45, 2.75) is 13.8 Å². The van der Waals surface area contributed by atoms with Crippen LogP contribution in [-0.4, -0.2) is 25.8 Å². The van der Waals surface area contributed by atoms with E-state index in [1.54, 1.807) is 0 Å². The third kappa shape index (κ3) is 6.83. The summed E-state index contributed by atoms with van der Waals surface area (Å²) in [7, 11) is 1.40. The fourth-order valence-corrected chi connectivity index (χ4v) is 0.451. The summed E-state index contributed by atoms with van der Waals surface area (Å²) >= 11 is 0. The number of nitrogens with one attached hydrogen (secondary N) is 1. The van der Waals surface area contributed by atoms with E-state index in [9.17, 15) is 4.79 Å². The number of rotatable bonds is 4. The van der Waals surface area contributed by atoms with E-state index in [1.165, 1.54) is 7.11 Å². The van der Waals surface area contributed by atoms with Crippen molar-refractivity contribution in [1.29, 1.82) is 0 Å². The van der Waals surface area contributed by atoms with E-state index < -0.39 is 0 Å². The van der Waals surface area contributed by atoms with E-state index >= 15 is 0 Å². The topological polar surface area (TPSA) is 50.7 Å². The number of carbonyl (C=O) groups is 1. The SMILES string of the molecule is CO/N=C/C(=O)NCC(C)C. The summed E-state index contributed by atoms with van der Waals surface area (Å²) in [5, 5.41) is 5.96. The molecule has 0 atom stereocenters. The number of hydrogen-bond donors (Lipinski definition) is 1. The molecule has 4 nitrogen and oxygen atoms in total. The maximum Gasteiger partial charge on any atom is 0.265 e. The molecule has 0 rings (SSSR count). The van der Waals surface area contributed by atoms with Crippen molar-refractivity contribution < 1.29 is 9.63 Å². The van der Waals surface area contributed by atoms with Crippen molar-refractivity contribution in [1.82, 2.24) is 5.32 Å². The fraction of sp³-hybridized carbons (Fsp3) is 0.714. The number of amides is 1. The van der Waals surface area contributed by atoms with Gasteiger partial charge in [0.2, 0.25) is 0 Å². The van der Waals surface area contributed by atoms with E-state index in [2.05, 4.69) is 15.3 Å². The molecule has 0 aromatic carbocycles. The van der Waals surface area contributed by atoms with Gasteiger partial charge in [0.05, 0.1) is 0 Å². The first-order chi connectivity index (χ1) is 5.16. The Balaban J connectivity index is 3.45. The van der Waals surface area contributed by atoms with Crippen LogP contribution in [0, 0.1) is 5.92 Å². The third-order valence-corrected chi connectivity index (χ3v) is 0.960. The Hall–Kier alpha value is -1.06. The molecule has 0 bridgehead atoms.